The van der Waals surface area contributed by atoms with Gasteiger partial charge in [-0.1, -0.05) is 55.5 Å². The van der Waals surface area contributed by atoms with E-state index in [2.05, 4.69) is 5.32 Å². The molecule has 37 heavy (non-hydrogen) atoms. The van der Waals surface area contributed by atoms with Crippen molar-refractivity contribution in [3.05, 3.63) is 95.1 Å². The molecule has 1 N–H and O–H groups in total. The lowest BCUT2D eigenvalue weighted by Gasteiger charge is -2.32. The highest BCUT2D eigenvalue weighted by Gasteiger charge is 2.31. The number of amides is 2. The zero-order chi connectivity index (χ0) is 26.8. The topological polar surface area (TPSA) is 67.9 Å². The third-order valence-electron chi connectivity index (χ3n) is 6.60. The number of carbonyl (C=O) groups is 2. The van der Waals surface area contributed by atoms with Crippen LogP contribution >= 0.6 is 0 Å². The molecule has 0 aromatic heterocycles. The van der Waals surface area contributed by atoms with Gasteiger partial charge < -0.3 is 19.7 Å². The molecule has 2 unspecified atom stereocenters. The largest absolute Gasteiger partial charge is 0.497 e. The van der Waals surface area contributed by atoms with Crippen LogP contribution in [0.15, 0.2) is 72.8 Å². The molecule has 0 aliphatic rings. The van der Waals surface area contributed by atoms with Crippen LogP contribution in [0.1, 0.15) is 42.5 Å². The number of methoxy groups -OCH3 is 1. The van der Waals surface area contributed by atoms with Gasteiger partial charge in [-0.15, -0.1) is 0 Å². The first-order chi connectivity index (χ1) is 17.8. The Kier molecular flexibility index (Phi) is 10.1. The minimum Gasteiger partial charge on any atom is -0.497 e. The molecule has 0 aliphatic heterocycles. The number of nitrogens with zero attached hydrogens (tertiary/aromatic N) is 1. The second kappa shape index (κ2) is 13.5. The zero-order valence-electron chi connectivity index (χ0n) is 22.5. The molecule has 0 saturated heterocycles. The molecule has 6 nitrogen and oxygen atoms in total. The second-order valence-corrected chi connectivity index (χ2v) is 9.43. The van der Waals surface area contributed by atoms with Crippen LogP contribution in [0, 0.1) is 13.8 Å². The van der Waals surface area contributed by atoms with Crippen molar-refractivity contribution in [1.29, 1.82) is 0 Å². The van der Waals surface area contributed by atoms with E-state index in [1.807, 2.05) is 100 Å². The summed E-state index contributed by atoms with van der Waals surface area (Å²) in [6.07, 6.45) is 1.19. The van der Waals surface area contributed by atoms with Crippen molar-refractivity contribution < 1.29 is 19.1 Å². The van der Waals surface area contributed by atoms with E-state index >= 15 is 0 Å². The molecule has 0 aliphatic carbocycles. The Hall–Kier alpha value is -3.80. The predicted molar refractivity (Wildman–Crippen MR) is 147 cm³/mol. The summed E-state index contributed by atoms with van der Waals surface area (Å²) in [4.78, 5) is 28.9. The number of hydrogen-bond acceptors (Lipinski definition) is 4. The van der Waals surface area contributed by atoms with Crippen LogP contribution in [-0.2, 0) is 22.6 Å². The molecular formula is C31H38N2O4. The maximum Gasteiger partial charge on any atom is 0.261 e. The quantitative estimate of drug-likeness (QED) is 0.368. The van der Waals surface area contributed by atoms with Gasteiger partial charge in [0.1, 0.15) is 17.5 Å². The summed E-state index contributed by atoms with van der Waals surface area (Å²) in [6, 6.07) is 22.4. The Balaban J connectivity index is 1.93. The van der Waals surface area contributed by atoms with Crippen molar-refractivity contribution in [3.8, 4) is 11.5 Å². The minimum atomic E-state index is -0.710. The summed E-state index contributed by atoms with van der Waals surface area (Å²) < 4.78 is 11.3. The molecule has 2 amide bonds. The summed E-state index contributed by atoms with van der Waals surface area (Å²) in [7, 11) is 1.61. The van der Waals surface area contributed by atoms with Crippen molar-refractivity contribution in [3.63, 3.8) is 0 Å². The number of benzene rings is 3. The van der Waals surface area contributed by atoms with Crippen LogP contribution in [0.3, 0.4) is 0 Å². The highest BCUT2D eigenvalue weighted by Crippen LogP contribution is 2.20. The SMILES string of the molecule is CCC(C)NC(=O)C(Cc1ccccc1)N(Cc1cccc(OC)c1)C(=O)COc1ccc(C)c(C)c1. The first kappa shape index (κ1) is 27.8. The van der Waals surface area contributed by atoms with Gasteiger partial charge in [0.2, 0.25) is 5.91 Å². The third-order valence-corrected chi connectivity index (χ3v) is 6.60. The molecule has 3 aromatic carbocycles. The lowest BCUT2D eigenvalue weighted by Crippen LogP contribution is -2.53. The van der Waals surface area contributed by atoms with E-state index in [0.717, 1.165) is 28.7 Å². The second-order valence-electron chi connectivity index (χ2n) is 9.43. The molecule has 6 heteroatoms. The molecule has 196 valence electrons. The van der Waals surface area contributed by atoms with Crippen LogP contribution < -0.4 is 14.8 Å². The minimum absolute atomic E-state index is 0.00803. The maximum atomic E-state index is 13.7. The predicted octanol–water partition coefficient (Wildman–Crippen LogP) is 5.25. The first-order valence-corrected chi connectivity index (χ1v) is 12.8. The Bertz CT molecular complexity index is 1180. The molecule has 0 saturated carbocycles. The summed E-state index contributed by atoms with van der Waals surface area (Å²) in [5, 5.41) is 3.08. The van der Waals surface area contributed by atoms with Gasteiger partial charge in [0, 0.05) is 19.0 Å². The molecular weight excluding hydrogens is 464 g/mol. The number of hydrogen-bond donors (Lipinski definition) is 1. The van der Waals surface area contributed by atoms with E-state index < -0.39 is 6.04 Å². The van der Waals surface area contributed by atoms with Gasteiger partial charge in [-0.05, 0) is 73.7 Å². The standard InChI is InChI=1S/C31H38N2O4/c1-6-24(4)32-31(35)29(19-25-11-8-7-9-12-25)33(20-26-13-10-14-27(18-26)36-5)30(34)21-37-28-16-15-22(2)23(3)17-28/h7-18,24,29H,6,19-21H2,1-5H3,(H,32,35). The van der Waals surface area contributed by atoms with Gasteiger partial charge in [-0.2, -0.15) is 0 Å². The average molecular weight is 503 g/mol. The molecule has 2 atom stereocenters. The molecule has 3 aromatic rings. The van der Waals surface area contributed by atoms with Gasteiger partial charge in [0.15, 0.2) is 6.61 Å². The molecule has 0 spiro atoms. The summed E-state index contributed by atoms with van der Waals surface area (Å²) in [6.45, 7) is 8.10. The number of aryl methyl sites for hydroxylation is 2. The van der Waals surface area contributed by atoms with E-state index in [1.165, 1.54) is 0 Å². The van der Waals surface area contributed by atoms with E-state index in [9.17, 15) is 9.59 Å². The smallest absolute Gasteiger partial charge is 0.261 e. The van der Waals surface area contributed by atoms with Crippen LogP contribution in [0.4, 0.5) is 0 Å². The highest BCUT2D eigenvalue weighted by molar-refractivity contribution is 5.88. The van der Waals surface area contributed by atoms with E-state index in [-0.39, 0.29) is 31.0 Å². The van der Waals surface area contributed by atoms with Gasteiger partial charge >= 0.3 is 0 Å². The zero-order valence-corrected chi connectivity index (χ0v) is 22.5. The molecule has 3 rings (SSSR count). The van der Waals surface area contributed by atoms with Crippen molar-refractivity contribution in [2.24, 2.45) is 0 Å². The van der Waals surface area contributed by atoms with Crippen molar-refractivity contribution in [1.82, 2.24) is 10.2 Å². The van der Waals surface area contributed by atoms with E-state index in [4.69, 9.17) is 9.47 Å². The first-order valence-electron chi connectivity index (χ1n) is 12.8. The molecule has 0 heterocycles. The lowest BCUT2D eigenvalue weighted by atomic mass is 10.0. The van der Waals surface area contributed by atoms with Gasteiger partial charge in [0.05, 0.1) is 7.11 Å². The normalized spacial score (nSPS) is 12.4. The lowest BCUT2D eigenvalue weighted by molar-refractivity contribution is -0.143. The van der Waals surface area contributed by atoms with Crippen LogP contribution in [0.5, 0.6) is 11.5 Å². The van der Waals surface area contributed by atoms with Crippen molar-refractivity contribution in [2.75, 3.05) is 13.7 Å². The fourth-order valence-corrected chi connectivity index (χ4v) is 3.99. The maximum absolute atomic E-state index is 13.7. The fraction of sp³-hybridized carbons (Fsp3) is 0.355. The number of nitrogens with one attached hydrogen (secondary N) is 1. The van der Waals surface area contributed by atoms with Crippen LogP contribution in [0.25, 0.3) is 0 Å². The Morgan fingerprint density at radius 2 is 1.62 bits per heavy atom. The summed E-state index contributed by atoms with van der Waals surface area (Å²) in [5.74, 6) is 0.878. The van der Waals surface area contributed by atoms with Gasteiger partial charge in [-0.25, -0.2) is 0 Å². The Morgan fingerprint density at radius 3 is 2.30 bits per heavy atom. The molecule has 0 bridgehead atoms. The van der Waals surface area contributed by atoms with Gasteiger partial charge in [0.25, 0.3) is 5.91 Å². The average Bonchev–Trinajstić information content (AvgIpc) is 2.91. The summed E-state index contributed by atoms with van der Waals surface area (Å²) in [5.41, 5.74) is 4.09. The Labute approximate surface area is 220 Å². The summed E-state index contributed by atoms with van der Waals surface area (Å²) >= 11 is 0. The third kappa shape index (κ3) is 8.10. The van der Waals surface area contributed by atoms with Gasteiger partial charge in [-0.3, -0.25) is 9.59 Å². The van der Waals surface area contributed by atoms with Crippen molar-refractivity contribution >= 4 is 11.8 Å². The van der Waals surface area contributed by atoms with Crippen LogP contribution in [0.2, 0.25) is 0 Å². The highest BCUT2D eigenvalue weighted by atomic mass is 16.5. The monoisotopic (exact) mass is 502 g/mol. The Morgan fingerprint density at radius 1 is 0.892 bits per heavy atom. The number of ether oxygens (including phenoxy) is 2. The van der Waals surface area contributed by atoms with Crippen LogP contribution in [-0.4, -0.2) is 42.5 Å². The fourth-order valence-electron chi connectivity index (χ4n) is 3.99. The number of carbonyl (C=O) groups excluding carboxylic acids is 2. The molecule has 0 radical (unpaired) electrons. The van der Waals surface area contributed by atoms with E-state index in [1.54, 1.807) is 12.0 Å². The molecule has 0 fully saturated rings. The number of rotatable bonds is 12. The van der Waals surface area contributed by atoms with E-state index in [0.29, 0.717) is 17.9 Å². The van der Waals surface area contributed by atoms with Crippen molar-refractivity contribution in [2.45, 2.75) is 59.2 Å².